The van der Waals surface area contributed by atoms with Gasteiger partial charge in [0.2, 0.25) is 11.8 Å². The van der Waals surface area contributed by atoms with Crippen molar-refractivity contribution in [1.82, 2.24) is 15.5 Å². The third kappa shape index (κ3) is 4.62. The predicted molar refractivity (Wildman–Crippen MR) is 74.5 cm³/mol. The van der Waals surface area contributed by atoms with E-state index in [1.54, 1.807) is 37.2 Å². The molecule has 0 radical (unpaired) electrons. The number of hydrogen-bond donors (Lipinski definition) is 2. The lowest BCUT2D eigenvalue weighted by Gasteiger charge is -2.24. The van der Waals surface area contributed by atoms with Crippen LogP contribution in [0.5, 0.6) is 0 Å². The van der Waals surface area contributed by atoms with Gasteiger partial charge in [-0.15, -0.1) is 0 Å². The molecule has 0 bridgehead atoms. The third-order valence-corrected chi connectivity index (χ3v) is 2.76. The van der Waals surface area contributed by atoms with Gasteiger partial charge in [0, 0.05) is 25.6 Å². The minimum absolute atomic E-state index is 0.155. The summed E-state index contributed by atoms with van der Waals surface area (Å²) in [6, 6.07) is 5.50. The van der Waals surface area contributed by atoms with Crippen LogP contribution in [-0.4, -0.2) is 43.9 Å². The Morgan fingerprint density at radius 3 is 2.35 bits per heavy atom. The predicted octanol–water partition coefficient (Wildman–Crippen LogP) is 0.681. The smallest absolute Gasteiger partial charge is 0.242 e. The van der Waals surface area contributed by atoms with E-state index in [4.69, 9.17) is 0 Å². The maximum Gasteiger partial charge on any atom is 0.242 e. The summed E-state index contributed by atoms with van der Waals surface area (Å²) in [6.07, 6.45) is 0. The molecule has 20 heavy (non-hydrogen) atoms. The Morgan fingerprint density at radius 1 is 1.20 bits per heavy atom. The average Bonchev–Trinajstić information content (AvgIpc) is 2.36. The molecule has 5 nitrogen and oxygen atoms in total. The molecule has 0 spiro atoms. The van der Waals surface area contributed by atoms with Crippen LogP contribution in [0.4, 0.5) is 4.39 Å². The molecule has 0 aliphatic rings. The molecular weight excluding hydrogens is 261 g/mol. The Kier molecular flexibility index (Phi) is 6.11. The lowest BCUT2D eigenvalue weighted by Crippen LogP contribution is -2.40. The first-order valence-electron chi connectivity index (χ1n) is 6.36. The zero-order chi connectivity index (χ0) is 15.1. The second-order valence-corrected chi connectivity index (χ2v) is 4.66. The molecule has 1 aromatic carbocycles. The number of benzene rings is 1. The van der Waals surface area contributed by atoms with Gasteiger partial charge in [-0.25, -0.2) is 4.39 Å². The largest absolute Gasteiger partial charge is 0.355 e. The molecule has 1 unspecified atom stereocenters. The van der Waals surface area contributed by atoms with Gasteiger partial charge in [0.25, 0.3) is 0 Å². The first kappa shape index (κ1) is 16.1. The molecule has 0 heterocycles. The van der Waals surface area contributed by atoms with E-state index in [9.17, 15) is 14.0 Å². The minimum atomic E-state index is -0.700. The van der Waals surface area contributed by atoms with Crippen LogP contribution in [0.1, 0.15) is 18.5 Å². The van der Waals surface area contributed by atoms with Crippen molar-refractivity contribution in [1.29, 1.82) is 0 Å². The Hall–Kier alpha value is -1.95. The van der Waals surface area contributed by atoms with Crippen LogP contribution < -0.4 is 10.6 Å². The van der Waals surface area contributed by atoms with Gasteiger partial charge in [0.1, 0.15) is 11.9 Å². The SMILES string of the molecule is CC(=O)NCCNC(=O)C(c1ccccc1F)N(C)C. The molecule has 0 aliphatic heterocycles. The van der Waals surface area contributed by atoms with Crippen LogP contribution in [-0.2, 0) is 9.59 Å². The van der Waals surface area contributed by atoms with Crippen molar-refractivity contribution < 1.29 is 14.0 Å². The fraction of sp³-hybridized carbons (Fsp3) is 0.429. The molecule has 0 saturated carbocycles. The molecule has 0 aliphatic carbocycles. The Labute approximate surface area is 118 Å². The molecule has 2 N–H and O–H groups in total. The molecule has 0 saturated heterocycles. The first-order chi connectivity index (χ1) is 9.43. The highest BCUT2D eigenvalue weighted by Gasteiger charge is 2.25. The van der Waals surface area contributed by atoms with Crippen LogP contribution in [0.15, 0.2) is 24.3 Å². The molecule has 1 rings (SSSR count). The summed E-state index contributed by atoms with van der Waals surface area (Å²) in [5.74, 6) is -0.869. The maximum atomic E-state index is 13.8. The molecule has 1 aromatic rings. The van der Waals surface area contributed by atoms with Gasteiger partial charge in [-0.05, 0) is 20.2 Å². The zero-order valence-electron chi connectivity index (χ0n) is 11.9. The van der Waals surface area contributed by atoms with Crippen molar-refractivity contribution in [2.45, 2.75) is 13.0 Å². The third-order valence-electron chi connectivity index (χ3n) is 2.76. The quantitative estimate of drug-likeness (QED) is 0.754. The second kappa shape index (κ2) is 7.59. The fourth-order valence-electron chi connectivity index (χ4n) is 1.87. The van der Waals surface area contributed by atoms with Gasteiger partial charge in [-0.3, -0.25) is 14.5 Å². The molecule has 1 atom stereocenters. The fourth-order valence-corrected chi connectivity index (χ4v) is 1.87. The minimum Gasteiger partial charge on any atom is -0.355 e. The van der Waals surface area contributed by atoms with Crippen LogP contribution in [0, 0.1) is 5.82 Å². The number of nitrogens with zero attached hydrogens (tertiary/aromatic N) is 1. The lowest BCUT2D eigenvalue weighted by molar-refractivity contribution is -0.126. The van der Waals surface area contributed by atoms with Crippen molar-refractivity contribution in [2.75, 3.05) is 27.2 Å². The first-order valence-corrected chi connectivity index (χ1v) is 6.36. The van der Waals surface area contributed by atoms with Gasteiger partial charge in [0.05, 0.1) is 0 Å². The van der Waals surface area contributed by atoms with Crippen molar-refractivity contribution >= 4 is 11.8 Å². The highest BCUT2D eigenvalue weighted by Crippen LogP contribution is 2.21. The molecule has 110 valence electrons. The van der Waals surface area contributed by atoms with E-state index in [1.165, 1.54) is 13.0 Å². The van der Waals surface area contributed by atoms with E-state index in [2.05, 4.69) is 10.6 Å². The van der Waals surface area contributed by atoms with Gasteiger partial charge in [0.15, 0.2) is 0 Å². The van der Waals surface area contributed by atoms with Gasteiger partial charge in [-0.1, -0.05) is 18.2 Å². The number of nitrogens with one attached hydrogen (secondary N) is 2. The summed E-state index contributed by atoms with van der Waals surface area (Å²) >= 11 is 0. The number of amides is 2. The molecule has 0 fully saturated rings. The Morgan fingerprint density at radius 2 is 1.80 bits per heavy atom. The highest BCUT2D eigenvalue weighted by atomic mass is 19.1. The summed E-state index contributed by atoms with van der Waals surface area (Å²) < 4.78 is 13.8. The molecule has 6 heteroatoms. The number of rotatable bonds is 6. The van der Waals surface area contributed by atoms with Crippen LogP contribution in [0.25, 0.3) is 0 Å². The molecule has 2 amide bonds. The normalized spacial score (nSPS) is 12.1. The second-order valence-electron chi connectivity index (χ2n) is 4.66. The molecular formula is C14H20FN3O2. The number of carbonyl (C=O) groups excluding carboxylic acids is 2. The zero-order valence-corrected chi connectivity index (χ0v) is 11.9. The monoisotopic (exact) mass is 281 g/mol. The number of hydrogen-bond acceptors (Lipinski definition) is 3. The summed E-state index contributed by atoms with van der Waals surface area (Å²) in [4.78, 5) is 24.5. The van der Waals surface area contributed by atoms with E-state index in [0.717, 1.165) is 0 Å². The summed E-state index contributed by atoms with van der Waals surface area (Å²) in [6.45, 7) is 2.06. The van der Waals surface area contributed by atoms with E-state index in [-0.39, 0.29) is 11.8 Å². The van der Waals surface area contributed by atoms with Crippen LogP contribution >= 0.6 is 0 Å². The van der Waals surface area contributed by atoms with Gasteiger partial charge < -0.3 is 10.6 Å². The average molecular weight is 281 g/mol. The van der Waals surface area contributed by atoms with Crippen molar-refractivity contribution in [3.05, 3.63) is 35.6 Å². The van der Waals surface area contributed by atoms with E-state index in [1.807, 2.05) is 0 Å². The maximum absolute atomic E-state index is 13.8. The van der Waals surface area contributed by atoms with E-state index >= 15 is 0 Å². The van der Waals surface area contributed by atoms with E-state index < -0.39 is 11.9 Å². The summed E-state index contributed by atoms with van der Waals surface area (Å²) in [5.41, 5.74) is 0.328. The Balaban J connectivity index is 2.70. The summed E-state index contributed by atoms with van der Waals surface area (Å²) in [7, 11) is 3.43. The lowest BCUT2D eigenvalue weighted by atomic mass is 10.0. The standard InChI is InChI=1S/C14H20FN3O2/c1-10(19)16-8-9-17-14(20)13(18(2)3)11-6-4-5-7-12(11)15/h4-7,13H,8-9H2,1-3H3,(H,16,19)(H,17,20). The van der Waals surface area contributed by atoms with Crippen LogP contribution in [0.3, 0.4) is 0 Å². The number of likely N-dealkylation sites (N-methyl/N-ethyl adjacent to an activating group) is 1. The van der Waals surface area contributed by atoms with E-state index in [0.29, 0.717) is 18.7 Å². The number of carbonyl (C=O) groups is 2. The Bertz CT molecular complexity index is 477. The molecule has 0 aromatic heterocycles. The number of halogens is 1. The van der Waals surface area contributed by atoms with Crippen molar-refractivity contribution in [3.8, 4) is 0 Å². The van der Waals surface area contributed by atoms with Gasteiger partial charge in [-0.2, -0.15) is 0 Å². The van der Waals surface area contributed by atoms with Gasteiger partial charge >= 0.3 is 0 Å². The highest BCUT2D eigenvalue weighted by molar-refractivity contribution is 5.83. The topological polar surface area (TPSA) is 61.4 Å². The summed E-state index contributed by atoms with van der Waals surface area (Å²) in [5, 5.41) is 5.26. The van der Waals surface area contributed by atoms with Crippen molar-refractivity contribution in [3.63, 3.8) is 0 Å². The van der Waals surface area contributed by atoms with Crippen molar-refractivity contribution in [2.24, 2.45) is 0 Å². The van der Waals surface area contributed by atoms with Crippen LogP contribution in [0.2, 0.25) is 0 Å².